The van der Waals surface area contributed by atoms with Crippen molar-refractivity contribution in [2.75, 3.05) is 88.3 Å². The van der Waals surface area contributed by atoms with E-state index in [4.69, 9.17) is 25.2 Å². The van der Waals surface area contributed by atoms with Gasteiger partial charge in [-0.05, 0) is 75.5 Å². The fraction of sp³-hybridized carbons (Fsp3) is 0.529. The van der Waals surface area contributed by atoms with Gasteiger partial charge >= 0.3 is 0 Å². The zero-order valence-corrected chi connectivity index (χ0v) is 27.0. The summed E-state index contributed by atoms with van der Waals surface area (Å²) in [5, 5.41) is 3.37. The maximum atomic E-state index is 12.8. The van der Waals surface area contributed by atoms with E-state index in [2.05, 4.69) is 49.1 Å². The van der Waals surface area contributed by atoms with Crippen molar-refractivity contribution in [2.45, 2.75) is 43.7 Å². The zero-order chi connectivity index (χ0) is 31.7. The molecule has 1 amide bonds. The lowest BCUT2D eigenvalue weighted by Crippen LogP contribution is -2.63. The van der Waals surface area contributed by atoms with Gasteiger partial charge in [0.1, 0.15) is 17.1 Å². The lowest BCUT2D eigenvalue weighted by molar-refractivity contribution is 0.0285. The van der Waals surface area contributed by atoms with Gasteiger partial charge in [-0.1, -0.05) is 0 Å². The molecule has 12 nitrogen and oxygen atoms in total. The van der Waals surface area contributed by atoms with Crippen molar-refractivity contribution in [1.82, 2.24) is 24.8 Å². The van der Waals surface area contributed by atoms with Gasteiger partial charge in [0.25, 0.3) is 5.91 Å². The van der Waals surface area contributed by atoms with E-state index < -0.39 is 5.91 Å². The molecular weight excluding hydrogens is 582 g/mol. The lowest BCUT2D eigenvalue weighted by Gasteiger charge is -2.55. The van der Waals surface area contributed by atoms with Crippen LogP contribution in [-0.2, 0) is 4.74 Å². The van der Waals surface area contributed by atoms with E-state index >= 15 is 0 Å². The minimum Gasteiger partial charge on any atom is -0.494 e. The van der Waals surface area contributed by atoms with Crippen molar-refractivity contribution in [3.05, 3.63) is 48.3 Å². The van der Waals surface area contributed by atoms with Gasteiger partial charge in [-0.3, -0.25) is 14.7 Å². The normalized spacial score (nSPS) is 20.8. The number of piperidine rings is 1. The summed E-state index contributed by atoms with van der Waals surface area (Å²) in [6, 6.07) is 12.7. The van der Waals surface area contributed by atoms with Crippen LogP contribution in [0.15, 0.2) is 42.6 Å². The van der Waals surface area contributed by atoms with E-state index in [0.717, 1.165) is 57.7 Å². The Balaban J connectivity index is 1.14. The molecule has 12 heteroatoms. The van der Waals surface area contributed by atoms with E-state index in [0.29, 0.717) is 48.0 Å². The van der Waals surface area contributed by atoms with E-state index in [1.54, 1.807) is 13.3 Å². The number of methoxy groups -OCH3 is 1. The number of aromatic nitrogens is 3. The number of primary amides is 1. The smallest absolute Gasteiger partial charge is 0.271 e. The summed E-state index contributed by atoms with van der Waals surface area (Å²) in [6.45, 7) is 8.99. The number of nitrogens with two attached hydrogens (primary N) is 1. The minimum absolute atomic E-state index is 0.0584. The molecule has 1 aromatic carbocycles. The second-order valence-electron chi connectivity index (χ2n) is 13.0. The largest absolute Gasteiger partial charge is 0.494 e. The SMILES string of the molecule is COc1cccnc1-c1nc(C(N)=O)c(Nc2ccc(N3CCC(N4CCN(C)CC4)CC3)cc2)nc1N1CCC12CCOCC2. The molecule has 46 heavy (non-hydrogen) atoms. The van der Waals surface area contributed by atoms with Gasteiger partial charge in [-0.2, -0.15) is 0 Å². The number of nitrogens with zero attached hydrogens (tertiary/aromatic N) is 7. The molecule has 0 bridgehead atoms. The molecule has 0 unspecified atom stereocenters. The zero-order valence-electron chi connectivity index (χ0n) is 27.0. The van der Waals surface area contributed by atoms with Gasteiger partial charge in [0.05, 0.1) is 7.11 Å². The molecule has 0 radical (unpaired) electrons. The Hall–Kier alpha value is -4.00. The Morgan fingerprint density at radius 2 is 1.70 bits per heavy atom. The summed E-state index contributed by atoms with van der Waals surface area (Å²) in [6.07, 6.45) is 6.91. The summed E-state index contributed by atoms with van der Waals surface area (Å²) >= 11 is 0. The van der Waals surface area contributed by atoms with Crippen molar-refractivity contribution >= 4 is 28.9 Å². The van der Waals surface area contributed by atoms with Crippen LogP contribution in [0.4, 0.5) is 23.0 Å². The summed E-state index contributed by atoms with van der Waals surface area (Å²) in [5.41, 5.74) is 8.93. The second-order valence-corrected chi connectivity index (χ2v) is 13.0. The van der Waals surface area contributed by atoms with E-state index in [1.807, 2.05) is 24.3 Å². The number of hydrogen-bond acceptors (Lipinski definition) is 11. The van der Waals surface area contributed by atoms with Gasteiger partial charge in [0, 0.05) is 88.2 Å². The number of carbonyl (C=O) groups excluding carboxylic acids is 1. The van der Waals surface area contributed by atoms with Crippen LogP contribution in [0, 0.1) is 0 Å². The maximum Gasteiger partial charge on any atom is 0.271 e. The number of likely N-dealkylation sites (N-methyl/N-ethyl adjacent to an activating group) is 1. The summed E-state index contributed by atoms with van der Waals surface area (Å²) in [4.78, 5) is 37.2. The molecule has 7 rings (SSSR count). The van der Waals surface area contributed by atoms with Crippen molar-refractivity contribution < 1.29 is 14.3 Å². The fourth-order valence-electron chi connectivity index (χ4n) is 7.48. The third kappa shape index (κ3) is 5.96. The Bertz CT molecular complexity index is 1530. The number of hydrogen-bond donors (Lipinski definition) is 2. The number of nitrogens with one attached hydrogen (secondary N) is 1. The van der Waals surface area contributed by atoms with Crippen LogP contribution >= 0.6 is 0 Å². The standard InChI is InChI=1S/C34H45N9O3/c1-40-18-20-42(21-19-40)26-9-15-41(16-10-26)25-7-5-24(6-8-25)37-32-30(31(35)44)38-29(28-27(45-2)4-3-14-36-28)33(39-32)43-17-11-34(43)12-22-46-23-13-34/h3-8,14,26H,9-13,15-23H2,1-2H3,(H2,35,44)(H,37,39). The highest BCUT2D eigenvalue weighted by Gasteiger charge is 2.48. The highest BCUT2D eigenvalue weighted by molar-refractivity contribution is 5.98. The molecule has 0 saturated carbocycles. The molecule has 244 valence electrons. The van der Waals surface area contributed by atoms with Crippen LogP contribution in [0.5, 0.6) is 5.75 Å². The van der Waals surface area contributed by atoms with Crippen molar-refractivity contribution in [1.29, 1.82) is 0 Å². The number of pyridine rings is 1. The molecule has 3 aromatic rings. The molecule has 4 aliphatic heterocycles. The summed E-state index contributed by atoms with van der Waals surface area (Å²) < 4.78 is 11.3. The quantitative estimate of drug-likeness (QED) is 0.382. The number of piperazine rings is 1. The molecule has 6 heterocycles. The Morgan fingerprint density at radius 1 is 0.957 bits per heavy atom. The average molecular weight is 628 g/mol. The van der Waals surface area contributed by atoms with E-state index in [-0.39, 0.29) is 11.2 Å². The number of benzene rings is 1. The van der Waals surface area contributed by atoms with Crippen LogP contribution in [0.25, 0.3) is 11.4 Å². The number of amides is 1. The van der Waals surface area contributed by atoms with Crippen LogP contribution in [0.2, 0.25) is 0 Å². The third-order valence-electron chi connectivity index (χ3n) is 10.4. The lowest BCUT2D eigenvalue weighted by atomic mass is 9.78. The molecule has 4 aliphatic rings. The average Bonchev–Trinajstić information content (AvgIpc) is 3.09. The van der Waals surface area contributed by atoms with Gasteiger partial charge < -0.3 is 35.2 Å². The van der Waals surface area contributed by atoms with Crippen LogP contribution in [0.3, 0.4) is 0 Å². The predicted molar refractivity (Wildman–Crippen MR) is 179 cm³/mol. The van der Waals surface area contributed by atoms with Gasteiger partial charge in [-0.25, -0.2) is 9.97 Å². The highest BCUT2D eigenvalue weighted by Crippen LogP contribution is 2.46. The first-order valence-electron chi connectivity index (χ1n) is 16.6. The monoisotopic (exact) mass is 627 g/mol. The van der Waals surface area contributed by atoms with Gasteiger partial charge in [0.2, 0.25) is 0 Å². The first kappa shape index (κ1) is 30.6. The van der Waals surface area contributed by atoms with Crippen LogP contribution < -0.4 is 25.6 Å². The molecule has 4 saturated heterocycles. The van der Waals surface area contributed by atoms with Gasteiger partial charge in [-0.15, -0.1) is 0 Å². The Labute approximate surface area is 270 Å². The van der Waals surface area contributed by atoms with Gasteiger partial charge in [0.15, 0.2) is 17.3 Å². The maximum absolute atomic E-state index is 12.8. The fourth-order valence-corrected chi connectivity index (χ4v) is 7.48. The highest BCUT2D eigenvalue weighted by atomic mass is 16.5. The second kappa shape index (κ2) is 13.0. The molecule has 4 fully saturated rings. The number of carbonyl (C=O) groups is 1. The molecule has 2 aromatic heterocycles. The Morgan fingerprint density at radius 3 is 2.35 bits per heavy atom. The number of ether oxygens (including phenoxy) is 2. The summed E-state index contributed by atoms with van der Waals surface area (Å²) in [7, 11) is 3.81. The van der Waals surface area contributed by atoms with Crippen molar-refractivity contribution in [2.24, 2.45) is 5.73 Å². The third-order valence-corrected chi connectivity index (χ3v) is 10.4. The first-order chi connectivity index (χ1) is 22.4. The molecule has 3 N–H and O–H groups in total. The summed E-state index contributed by atoms with van der Waals surface area (Å²) in [5.74, 6) is 0.884. The topological polar surface area (TPSA) is 125 Å². The van der Waals surface area contributed by atoms with E-state index in [1.165, 1.54) is 31.6 Å². The Kier molecular flexibility index (Phi) is 8.67. The van der Waals surface area contributed by atoms with Crippen LogP contribution in [-0.4, -0.2) is 115 Å². The number of anilines is 4. The minimum atomic E-state index is -0.665. The van der Waals surface area contributed by atoms with Crippen molar-refractivity contribution in [3.8, 4) is 17.1 Å². The van der Waals surface area contributed by atoms with Crippen LogP contribution in [0.1, 0.15) is 42.6 Å². The first-order valence-corrected chi connectivity index (χ1v) is 16.6. The number of rotatable bonds is 8. The molecular formula is C34H45N9O3. The predicted octanol–water partition coefficient (Wildman–Crippen LogP) is 3.37. The molecule has 0 aliphatic carbocycles. The van der Waals surface area contributed by atoms with E-state index in [9.17, 15) is 4.79 Å². The van der Waals surface area contributed by atoms with Crippen molar-refractivity contribution in [3.63, 3.8) is 0 Å². The molecule has 1 spiro atoms. The molecule has 0 atom stereocenters.